The highest BCUT2D eigenvalue weighted by molar-refractivity contribution is 5.98. The molecule has 1 saturated carbocycles. The van der Waals surface area contributed by atoms with Gasteiger partial charge in [0, 0.05) is 23.3 Å². The molecule has 1 unspecified atom stereocenters. The number of nitrogens with two attached hydrogens (primary N) is 1. The molecule has 0 spiro atoms. The third kappa shape index (κ3) is 1.78. The van der Waals surface area contributed by atoms with E-state index < -0.39 is 0 Å². The van der Waals surface area contributed by atoms with E-state index in [2.05, 4.69) is 6.92 Å². The Bertz CT molecular complexity index is 477. The second-order valence-corrected chi connectivity index (χ2v) is 5.63. The summed E-state index contributed by atoms with van der Waals surface area (Å²) in [5.74, 6) is 0.569. The van der Waals surface area contributed by atoms with Crippen LogP contribution >= 0.6 is 0 Å². The Morgan fingerprint density at radius 2 is 2.06 bits per heavy atom. The summed E-state index contributed by atoms with van der Waals surface area (Å²) in [5, 5.41) is 0. The third-order valence-electron chi connectivity index (χ3n) is 4.26. The molecule has 3 nitrogen and oxygen atoms in total. The van der Waals surface area contributed by atoms with Gasteiger partial charge in [-0.1, -0.05) is 12.8 Å². The van der Waals surface area contributed by atoms with E-state index in [1.54, 1.807) is 0 Å². The lowest BCUT2D eigenvalue weighted by Gasteiger charge is -2.25. The van der Waals surface area contributed by atoms with Gasteiger partial charge in [0.2, 0.25) is 5.91 Å². The van der Waals surface area contributed by atoms with Gasteiger partial charge in [0.05, 0.1) is 0 Å². The van der Waals surface area contributed by atoms with Crippen LogP contribution in [0.1, 0.15) is 38.2 Å². The van der Waals surface area contributed by atoms with Crippen molar-refractivity contribution in [3.05, 3.63) is 23.8 Å². The highest BCUT2D eigenvalue weighted by Gasteiger charge is 2.35. The van der Waals surface area contributed by atoms with Crippen molar-refractivity contribution in [3.63, 3.8) is 0 Å². The molecule has 0 radical (unpaired) electrons. The number of nitrogens with zero attached hydrogens (tertiary/aromatic N) is 1. The lowest BCUT2D eigenvalue weighted by molar-refractivity contribution is -0.122. The predicted molar refractivity (Wildman–Crippen MR) is 73.5 cm³/mol. The SMILES string of the molecule is CC1Cc2cc(N)ccc2N1C(=O)C1CCCC1. The van der Waals surface area contributed by atoms with Crippen LogP contribution in [0.15, 0.2) is 18.2 Å². The van der Waals surface area contributed by atoms with Gasteiger partial charge in [-0.05, 0) is 49.9 Å². The molecule has 2 N–H and O–H groups in total. The van der Waals surface area contributed by atoms with Gasteiger partial charge in [-0.3, -0.25) is 4.79 Å². The molecule has 1 aromatic carbocycles. The number of anilines is 2. The Morgan fingerprint density at radius 1 is 1.33 bits per heavy atom. The van der Waals surface area contributed by atoms with E-state index in [9.17, 15) is 4.79 Å². The molecule has 1 heterocycles. The fraction of sp³-hybridized carbons (Fsp3) is 0.533. The second-order valence-electron chi connectivity index (χ2n) is 5.63. The largest absolute Gasteiger partial charge is 0.399 e. The van der Waals surface area contributed by atoms with Crippen molar-refractivity contribution in [2.45, 2.75) is 45.1 Å². The maximum absolute atomic E-state index is 12.6. The molecule has 1 atom stereocenters. The van der Waals surface area contributed by atoms with Crippen molar-refractivity contribution in [3.8, 4) is 0 Å². The van der Waals surface area contributed by atoms with E-state index in [0.717, 1.165) is 30.6 Å². The Kier molecular flexibility index (Phi) is 2.77. The molecule has 0 bridgehead atoms. The van der Waals surface area contributed by atoms with E-state index in [4.69, 9.17) is 5.73 Å². The highest BCUT2D eigenvalue weighted by Crippen LogP contribution is 2.37. The molecule has 1 amide bonds. The van der Waals surface area contributed by atoms with Gasteiger partial charge in [-0.15, -0.1) is 0 Å². The zero-order valence-electron chi connectivity index (χ0n) is 10.9. The Labute approximate surface area is 108 Å². The molecule has 3 heteroatoms. The van der Waals surface area contributed by atoms with Gasteiger partial charge >= 0.3 is 0 Å². The van der Waals surface area contributed by atoms with Crippen LogP contribution in [0.2, 0.25) is 0 Å². The minimum Gasteiger partial charge on any atom is -0.399 e. The van der Waals surface area contributed by atoms with E-state index >= 15 is 0 Å². The Balaban J connectivity index is 1.91. The molecule has 1 aliphatic heterocycles. The summed E-state index contributed by atoms with van der Waals surface area (Å²) >= 11 is 0. The molecule has 0 saturated heterocycles. The quantitative estimate of drug-likeness (QED) is 0.772. The fourth-order valence-corrected chi connectivity index (χ4v) is 3.36. The standard InChI is InChI=1S/C15H20N2O/c1-10-8-12-9-13(16)6-7-14(12)17(10)15(18)11-4-2-3-5-11/h6-7,9-11H,2-5,8,16H2,1H3. The first-order valence-electron chi connectivity index (χ1n) is 6.88. The number of carbonyl (C=O) groups is 1. The number of fused-ring (bicyclic) bond motifs is 1. The smallest absolute Gasteiger partial charge is 0.230 e. The maximum atomic E-state index is 12.6. The van der Waals surface area contributed by atoms with E-state index in [1.807, 2.05) is 23.1 Å². The monoisotopic (exact) mass is 244 g/mol. The maximum Gasteiger partial charge on any atom is 0.230 e. The first-order valence-corrected chi connectivity index (χ1v) is 6.88. The first-order chi connectivity index (χ1) is 8.66. The summed E-state index contributed by atoms with van der Waals surface area (Å²) in [7, 11) is 0. The average Bonchev–Trinajstić information content (AvgIpc) is 2.94. The summed E-state index contributed by atoms with van der Waals surface area (Å²) in [4.78, 5) is 14.6. The Hall–Kier alpha value is -1.51. The predicted octanol–water partition coefficient (Wildman–Crippen LogP) is 2.74. The van der Waals surface area contributed by atoms with Crippen LogP contribution in [0.3, 0.4) is 0 Å². The molecule has 2 aliphatic rings. The van der Waals surface area contributed by atoms with Gasteiger partial charge in [0.15, 0.2) is 0 Å². The van der Waals surface area contributed by atoms with Crippen molar-refractivity contribution in [1.29, 1.82) is 0 Å². The lowest BCUT2D eigenvalue weighted by Crippen LogP contribution is -2.39. The van der Waals surface area contributed by atoms with Crippen molar-refractivity contribution < 1.29 is 4.79 Å². The molecule has 0 aromatic heterocycles. The zero-order valence-corrected chi connectivity index (χ0v) is 10.9. The number of benzene rings is 1. The normalized spacial score (nSPS) is 23.4. The van der Waals surface area contributed by atoms with Gasteiger partial charge in [-0.25, -0.2) is 0 Å². The van der Waals surface area contributed by atoms with Crippen molar-refractivity contribution in [1.82, 2.24) is 0 Å². The summed E-state index contributed by atoms with van der Waals surface area (Å²) in [5.41, 5.74) is 8.90. The number of carbonyl (C=O) groups excluding carboxylic acids is 1. The van der Waals surface area contributed by atoms with Crippen molar-refractivity contribution in [2.75, 3.05) is 10.6 Å². The van der Waals surface area contributed by atoms with Crippen LogP contribution in [-0.2, 0) is 11.2 Å². The second kappa shape index (κ2) is 4.30. The Morgan fingerprint density at radius 3 is 2.78 bits per heavy atom. The molecule has 1 fully saturated rings. The minimum absolute atomic E-state index is 0.246. The zero-order chi connectivity index (χ0) is 12.7. The topological polar surface area (TPSA) is 46.3 Å². The summed E-state index contributed by atoms with van der Waals surface area (Å²) in [6, 6.07) is 6.18. The van der Waals surface area contributed by atoms with Crippen molar-refractivity contribution in [2.24, 2.45) is 5.92 Å². The molecule has 3 rings (SSSR count). The van der Waals surface area contributed by atoms with Gasteiger partial charge < -0.3 is 10.6 Å². The van der Waals surface area contributed by atoms with Gasteiger partial charge in [-0.2, -0.15) is 0 Å². The number of rotatable bonds is 1. The van der Waals surface area contributed by atoms with Crippen LogP contribution in [0, 0.1) is 5.92 Å². The van der Waals surface area contributed by atoms with Crippen LogP contribution < -0.4 is 10.6 Å². The third-order valence-corrected chi connectivity index (χ3v) is 4.26. The molecular weight excluding hydrogens is 224 g/mol. The van der Waals surface area contributed by atoms with Crippen molar-refractivity contribution >= 4 is 17.3 Å². The molecule has 18 heavy (non-hydrogen) atoms. The fourth-order valence-electron chi connectivity index (χ4n) is 3.36. The van der Waals surface area contributed by atoms with E-state index in [-0.39, 0.29) is 12.0 Å². The first kappa shape index (κ1) is 11.6. The number of nitrogen functional groups attached to an aromatic ring is 1. The number of hydrogen-bond acceptors (Lipinski definition) is 2. The van der Waals surface area contributed by atoms with E-state index in [1.165, 1.54) is 18.4 Å². The summed E-state index contributed by atoms with van der Waals surface area (Å²) in [6.45, 7) is 2.13. The average molecular weight is 244 g/mol. The number of amides is 1. The molecule has 96 valence electrons. The minimum atomic E-state index is 0.246. The van der Waals surface area contributed by atoms with Crippen LogP contribution in [-0.4, -0.2) is 11.9 Å². The van der Waals surface area contributed by atoms with E-state index in [0.29, 0.717) is 5.91 Å². The van der Waals surface area contributed by atoms with Crippen LogP contribution in [0.25, 0.3) is 0 Å². The van der Waals surface area contributed by atoms with Crippen LogP contribution in [0.4, 0.5) is 11.4 Å². The summed E-state index contributed by atoms with van der Waals surface area (Å²) < 4.78 is 0. The highest BCUT2D eigenvalue weighted by atomic mass is 16.2. The lowest BCUT2D eigenvalue weighted by atomic mass is 10.1. The molecular formula is C15H20N2O. The number of hydrogen-bond donors (Lipinski definition) is 1. The van der Waals surface area contributed by atoms with Crippen LogP contribution in [0.5, 0.6) is 0 Å². The van der Waals surface area contributed by atoms with Gasteiger partial charge in [0.25, 0.3) is 0 Å². The summed E-state index contributed by atoms with van der Waals surface area (Å²) in [6.07, 6.45) is 5.46. The molecule has 1 aliphatic carbocycles. The molecule has 1 aromatic rings. The van der Waals surface area contributed by atoms with Gasteiger partial charge in [0.1, 0.15) is 0 Å².